The summed E-state index contributed by atoms with van der Waals surface area (Å²) in [7, 11) is -3.76. The SMILES string of the molecule is Cc1noc(C)c1S(=O)(=O)NCc1cc(N)ccc1O. The molecule has 20 heavy (non-hydrogen) atoms. The molecule has 0 bridgehead atoms. The van der Waals surface area contributed by atoms with E-state index in [-0.39, 0.29) is 28.6 Å². The number of phenols is 1. The van der Waals surface area contributed by atoms with Crippen molar-refractivity contribution in [2.24, 2.45) is 0 Å². The molecule has 4 N–H and O–H groups in total. The number of benzene rings is 1. The highest BCUT2D eigenvalue weighted by Crippen LogP contribution is 2.22. The second kappa shape index (κ2) is 5.14. The summed E-state index contributed by atoms with van der Waals surface area (Å²) in [4.78, 5) is 0.0147. The van der Waals surface area contributed by atoms with Crippen LogP contribution in [0, 0.1) is 13.8 Å². The molecule has 7 nitrogen and oxygen atoms in total. The molecule has 0 saturated heterocycles. The molecule has 0 radical (unpaired) electrons. The fraction of sp³-hybridized carbons (Fsp3) is 0.250. The van der Waals surface area contributed by atoms with E-state index in [1.54, 1.807) is 6.92 Å². The fourth-order valence-electron chi connectivity index (χ4n) is 1.85. The molecule has 1 aromatic heterocycles. The van der Waals surface area contributed by atoms with Crippen LogP contribution in [0.5, 0.6) is 5.75 Å². The van der Waals surface area contributed by atoms with Gasteiger partial charge in [-0.05, 0) is 32.0 Å². The lowest BCUT2D eigenvalue weighted by atomic mass is 10.2. The number of rotatable bonds is 4. The molecule has 1 aromatic carbocycles. The number of sulfonamides is 1. The molecule has 0 fully saturated rings. The van der Waals surface area contributed by atoms with Crippen LogP contribution in [0.4, 0.5) is 5.69 Å². The monoisotopic (exact) mass is 297 g/mol. The Bertz CT molecular complexity index is 718. The maximum atomic E-state index is 12.2. The Morgan fingerprint density at radius 2 is 2.10 bits per heavy atom. The number of nitrogens with two attached hydrogens (primary N) is 1. The fourth-order valence-corrected chi connectivity index (χ4v) is 3.18. The first-order valence-corrected chi connectivity index (χ1v) is 7.29. The van der Waals surface area contributed by atoms with E-state index in [1.165, 1.54) is 25.1 Å². The molecule has 0 spiro atoms. The summed E-state index contributed by atoms with van der Waals surface area (Å²) in [5.41, 5.74) is 6.71. The lowest BCUT2D eigenvalue weighted by molar-refractivity contribution is 0.390. The number of aromatic hydroxyl groups is 1. The van der Waals surface area contributed by atoms with Crippen LogP contribution in [-0.4, -0.2) is 18.7 Å². The summed E-state index contributed by atoms with van der Waals surface area (Å²) in [6.45, 7) is 2.98. The van der Waals surface area contributed by atoms with Crippen LogP contribution in [0.15, 0.2) is 27.6 Å². The summed E-state index contributed by atoms with van der Waals surface area (Å²) < 4.78 is 31.6. The largest absolute Gasteiger partial charge is 0.508 e. The number of nitrogens with one attached hydrogen (secondary N) is 1. The number of anilines is 1. The maximum Gasteiger partial charge on any atom is 0.246 e. The number of nitrogens with zero attached hydrogens (tertiary/aromatic N) is 1. The number of hydrogen-bond donors (Lipinski definition) is 3. The van der Waals surface area contributed by atoms with Crippen molar-refractivity contribution in [3.63, 3.8) is 0 Å². The quantitative estimate of drug-likeness (QED) is 0.573. The number of aryl methyl sites for hydroxylation is 2. The van der Waals surface area contributed by atoms with E-state index in [4.69, 9.17) is 10.3 Å². The summed E-state index contributed by atoms with van der Waals surface area (Å²) >= 11 is 0. The molecule has 0 atom stereocenters. The van der Waals surface area contributed by atoms with Gasteiger partial charge >= 0.3 is 0 Å². The number of nitrogen functional groups attached to an aromatic ring is 1. The summed E-state index contributed by atoms with van der Waals surface area (Å²) in [6, 6.07) is 4.45. The standard InChI is InChI=1S/C12H15N3O4S/c1-7-12(8(2)19-15-7)20(17,18)14-6-9-5-10(13)3-4-11(9)16/h3-5,14,16H,6,13H2,1-2H3. The Hall–Kier alpha value is -2.06. The lowest BCUT2D eigenvalue weighted by Gasteiger charge is -2.08. The summed E-state index contributed by atoms with van der Waals surface area (Å²) in [5, 5.41) is 13.3. The Morgan fingerprint density at radius 1 is 1.40 bits per heavy atom. The van der Waals surface area contributed by atoms with Gasteiger partial charge in [0.05, 0.1) is 0 Å². The van der Waals surface area contributed by atoms with Crippen LogP contribution >= 0.6 is 0 Å². The molecule has 0 saturated carbocycles. The average molecular weight is 297 g/mol. The normalized spacial score (nSPS) is 11.7. The molecule has 0 aliphatic carbocycles. The van der Waals surface area contributed by atoms with E-state index in [1.807, 2.05) is 0 Å². The first-order valence-electron chi connectivity index (χ1n) is 5.81. The van der Waals surface area contributed by atoms with Crippen molar-refractivity contribution in [2.45, 2.75) is 25.3 Å². The van der Waals surface area contributed by atoms with E-state index in [0.717, 1.165) is 0 Å². The highest BCUT2D eigenvalue weighted by atomic mass is 32.2. The van der Waals surface area contributed by atoms with Crippen LogP contribution in [0.3, 0.4) is 0 Å². The van der Waals surface area contributed by atoms with Crippen LogP contribution in [0.1, 0.15) is 17.0 Å². The maximum absolute atomic E-state index is 12.2. The zero-order valence-corrected chi connectivity index (χ0v) is 11.9. The minimum Gasteiger partial charge on any atom is -0.508 e. The number of aromatic nitrogens is 1. The van der Waals surface area contributed by atoms with E-state index in [0.29, 0.717) is 11.3 Å². The van der Waals surface area contributed by atoms with Gasteiger partial charge in [-0.3, -0.25) is 0 Å². The van der Waals surface area contributed by atoms with Crippen LogP contribution in [0.25, 0.3) is 0 Å². The van der Waals surface area contributed by atoms with Gasteiger partial charge in [-0.25, -0.2) is 13.1 Å². The second-order valence-corrected chi connectivity index (χ2v) is 6.07. The molecule has 1 heterocycles. The molecular formula is C12H15N3O4S. The van der Waals surface area contributed by atoms with Gasteiger partial charge < -0.3 is 15.4 Å². The first kappa shape index (κ1) is 14.4. The van der Waals surface area contributed by atoms with Crippen molar-refractivity contribution < 1.29 is 18.0 Å². The van der Waals surface area contributed by atoms with Crippen molar-refractivity contribution in [1.29, 1.82) is 0 Å². The van der Waals surface area contributed by atoms with Gasteiger partial charge in [0.1, 0.15) is 16.3 Å². The Morgan fingerprint density at radius 3 is 2.70 bits per heavy atom. The predicted molar refractivity (Wildman–Crippen MR) is 72.5 cm³/mol. The van der Waals surface area contributed by atoms with E-state index >= 15 is 0 Å². The van der Waals surface area contributed by atoms with Gasteiger partial charge in [0, 0.05) is 17.8 Å². The second-order valence-electron chi connectivity index (χ2n) is 4.37. The highest BCUT2D eigenvalue weighted by molar-refractivity contribution is 7.89. The molecule has 0 amide bonds. The molecule has 0 aliphatic heterocycles. The van der Waals surface area contributed by atoms with Crippen LogP contribution < -0.4 is 10.5 Å². The first-order chi connectivity index (χ1) is 9.31. The van der Waals surface area contributed by atoms with Crippen molar-refractivity contribution in [2.75, 3.05) is 5.73 Å². The minimum atomic E-state index is -3.76. The van der Waals surface area contributed by atoms with E-state index < -0.39 is 10.0 Å². The Balaban J connectivity index is 2.24. The predicted octanol–water partition coefficient (Wildman–Crippen LogP) is 1.06. The third kappa shape index (κ3) is 2.75. The van der Waals surface area contributed by atoms with Crippen molar-refractivity contribution in [3.05, 3.63) is 35.2 Å². The number of phenolic OH excluding ortho intramolecular Hbond substituents is 1. The smallest absolute Gasteiger partial charge is 0.246 e. The zero-order valence-electron chi connectivity index (χ0n) is 11.0. The van der Waals surface area contributed by atoms with Gasteiger partial charge in [0.25, 0.3) is 0 Å². The van der Waals surface area contributed by atoms with Gasteiger partial charge in [0.2, 0.25) is 10.0 Å². The van der Waals surface area contributed by atoms with Gasteiger partial charge in [-0.1, -0.05) is 5.16 Å². The minimum absolute atomic E-state index is 0.0147. The summed E-state index contributed by atoms with van der Waals surface area (Å²) in [5.74, 6) is 0.187. The molecular weight excluding hydrogens is 282 g/mol. The molecule has 2 rings (SSSR count). The lowest BCUT2D eigenvalue weighted by Crippen LogP contribution is -2.24. The van der Waals surface area contributed by atoms with Crippen LogP contribution in [-0.2, 0) is 16.6 Å². The van der Waals surface area contributed by atoms with Crippen molar-refractivity contribution in [3.8, 4) is 5.75 Å². The van der Waals surface area contributed by atoms with Gasteiger partial charge in [-0.2, -0.15) is 0 Å². The van der Waals surface area contributed by atoms with Crippen molar-refractivity contribution >= 4 is 15.7 Å². The van der Waals surface area contributed by atoms with Crippen LogP contribution in [0.2, 0.25) is 0 Å². The van der Waals surface area contributed by atoms with Gasteiger partial charge in [0.15, 0.2) is 5.76 Å². The van der Waals surface area contributed by atoms with Crippen molar-refractivity contribution in [1.82, 2.24) is 9.88 Å². The Kier molecular flexibility index (Phi) is 3.69. The third-order valence-corrected chi connectivity index (χ3v) is 4.44. The topological polar surface area (TPSA) is 118 Å². The number of hydrogen-bond acceptors (Lipinski definition) is 6. The third-order valence-electron chi connectivity index (χ3n) is 2.79. The molecule has 108 valence electrons. The molecule has 2 aromatic rings. The van der Waals surface area contributed by atoms with Gasteiger partial charge in [-0.15, -0.1) is 0 Å². The summed E-state index contributed by atoms with van der Waals surface area (Å²) in [6.07, 6.45) is 0. The van der Waals surface area contributed by atoms with E-state index in [9.17, 15) is 13.5 Å². The zero-order chi connectivity index (χ0) is 14.9. The Labute approximate surface area is 116 Å². The highest BCUT2D eigenvalue weighted by Gasteiger charge is 2.24. The van der Waals surface area contributed by atoms with E-state index in [2.05, 4.69) is 9.88 Å². The molecule has 0 aliphatic rings. The average Bonchev–Trinajstić information content (AvgIpc) is 2.71. The molecule has 0 unspecified atom stereocenters. The molecule has 8 heteroatoms.